The van der Waals surface area contributed by atoms with Gasteiger partial charge in [-0.15, -0.1) is 5.10 Å². The Kier molecular flexibility index (Phi) is 5.75. The van der Waals surface area contributed by atoms with Crippen molar-refractivity contribution < 1.29 is 27.6 Å². The Bertz CT molecular complexity index is 903. The van der Waals surface area contributed by atoms with Crippen molar-refractivity contribution in [3.63, 3.8) is 0 Å². The van der Waals surface area contributed by atoms with Crippen molar-refractivity contribution in [2.75, 3.05) is 13.7 Å². The molecular weight excluding hydrogens is 397 g/mol. The molecule has 29 heavy (non-hydrogen) atoms. The number of aromatic nitrogens is 4. The second-order valence-electron chi connectivity index (χ2n) is 6.63. The smallest absolute Gasteiger partial charge is 0.435 e. The van der Waals surface area contributed by atoms with Gasteiger partial charge in [0.1, 0.15) is 12.7 Å². The molecule has 0 bridgehead atoms. The number of nitrogens with one attached hydrogen (secondary N) is 1. The van der Waals surface area contributed by atoms with Crippen LogP contribution in [0.3, 0.4) is 0 Å². The van der Waals surface area contributed by atoms with E-state index in [4.69, 9.17) is 4.74 Å². The first-order valence-corrected chi connectivity index (χ1v) is 8.86. The molecule has 0 spiro atoms. The number of methoxy groups -OCH3 is 1. The van der Waals surface area contributed by atoms with Crippen molar-refractivity contribution in [3.05, 3.63) is 33.8 Å². The van der Waals surface area contributed by atoms with E-state index in [2.05, 4.69) is 15.5 Å². The van der Waals surface area contributed by atoms with Gasteiger partial charge in [0, 0.05) is 24.7 Å². The van der Waals surface area contributed by atoms with Crippen molar-refractivity contribution >= 4 is 11.6 Å². The molecule has 0 aromatic carbocycles. The molecule has 0 aliphatic heterocycles. The minimum Gasteiger partial charge on any atom is -0.475 e. The highest BCUT2D eigenvalue weighted by atomic mass is 19.4. The molecule has 0 saturated heterocycles. The van der Waals surface area contributed by atoms with Gasteiger partial charge in [0.15, 0.2) is 5.69 Å². The van der Waals surface area contributed by atoms with Gasteiger partial charge in [0.25, 0.3) is 0 Å². The Morgan fingerprint density at radius 1 is 1.41 bits per heavy atom. The lowest BCUT2D eigenvalue weighted by atomic mass is 10.2. The largest absolute Gasteiger partial charge is 0.475 e. The van der Waals surface area contributed by atoms with E-state index in [0.717, 1.165) is 29.8 Å². The molecule has 158 valence electrons. The summed E-state index contributed by atoms with van der Waals surface area (Å²) in [5, 5.41) is 20.9. The number of carbonyl (C=O) groups excluding carboxylic acids is 1. The number of rotatable bonds is 9. The fraction of sp³-hybridized carbons (Fsp3) is 0.562. The van der Waals surface area contributed by atoms with E-state index >= 15 is 0 Å². The van der Waals surface area contributed by atoms with Gasteiger partial charge in [-0.1, -0.05) is 0 Å². The van der Waals surface area contributed by atoms with Crippen LogP contribution >= 0.6 is 0 Å². The quantitative estimate of drug-likeness (QED) is 0.380. The number of amides is 1. The van der Waals surface area contributed by atoms with Gasteiger partial charge in [-0.3, -0.25) is 24.3 Å². The summed E-state index contributed by atoms with van der Waals surface area (Å²) in [7, 11) is 1.23. The van der Waals surface area contributed by atoms with Gasteiger partial charge in [-0.25, -0.2) is 0 Å². The first-order valence-electron chi connectivity index (χ1n) is 8.86. The summed E-state index contributed by atoms with van der Waals surface area (Å²) < 4.78 is 45.9. The third-order valence-corrected chi connectivity index (χ3v) is 4.37. The predicted molar refractivity (Wildman–Crippen MR) is 92.3 cm³/mol. The number of alkyl halides is 3. The number of hydrogen-bond donors (Lipinski definition) is 1. The van der Waals surface area contributed by atoms with E-state index in [-0.39, 0.29) is 37.1 Å². The first-order chi connectivity index (χ1) is 13.7. The molecule has 2 heterocycles. The molecule has 3 rings (SSSR count). The van der Waals surface area contributed by atoms with Crippen LogP contribution in [0.5, 0.6) is 5.88 Å². The summed E-state index contributed by atoms with van der Waals surface area (Å²) in [5.41, 5.74) is -0.690. The monoisotopic (exact) mass is 416 g/mol. The van der Waals surface area contributed by atoms with Gasteiger partial charge in [-0.2, -0.15) is 18.3 Å². The van der Waals surface area contributed by atoms with Crippen LogP contribution < -0.4 is 10.1 Å². The van der Waals surface area contributed by atoms with E-state index in [1.54, 1.807) is 0 Å². The number of halogens is 3. The van der Waals surface area contributed by atoms with Crippen molar-refractivity contribution in [2.24, 2.45) is 0 Å². The molecular formula is C16H19F3N6O4. The number of nitrogens with zero attached hydrogens (tertiary/aromatic N) is 5. The SMILES string of the molecule is COc1nn(CC(=O)NCCCn2nc(C(F)(F)F)cc2C2CC2)cc1[N+](=O)[O-]. The Balaban J connectivity index is 1.50. The maximum Gasteiger partial charge on any atom is 0.435 e. The van der Waals surface area contributed by atoms with Crippen LogP contribution in [0.2, 0.25) is 0 Å². The molecule has 1 fully saturated rings. The molecule has 1 aliphatic carbocycles. The van der Waals surface area contributed by atoms with Gasteiger partial charge >= 0.3 is 17.7 Å². The first kappa shape index (κ1) is 20.6. The van der Waals surface area contributed by atoms with Gasteiger partial charge in [0.05, 0.1) is 12.0 Å². The fourth-order valence-corrected chi connectivity index (χ4v) is 2.86. The molecule has 2 aromatic rings. The van der Waals surface area contributed by atoms with Gasteiger partial charge < -0.3 is 10.1 Å². The summed E-state index contributed by atoms with van der Waals surface area (Å²) in [6.45, 7) is 0.200. The predicted octanol–water partition coefficient (Wildman–Crippen LogP) is 2.10. The molecule has 0 radical (unpaired) electrons. The number of ether oxygens (including phenoxy) is 1. The van der Waals surface area contributed by atoms with Crippen LogP contribution in [0.25, 0.3) is 0 Å². The number of aryl methyl sites for hydroxylation is 1. The average Bonchev–Trinajstić information content (AvgIpc) is 3.24. The topological polar surface area (TPSA) is 117 Å². The Hall–Kier alpha value is -3.12. The second kappa shape index (κ2) is 8.09. The van der Waals surface area contributed by atoms with E-state index in [9.17, 15) is 28.1 Å². The Morgan fingerprint density at radius 3 is 2.69 bits per heavy atom. The highest BCUT2D eigenvalue weighted by Crippen LogP contribution is 2.42. The lowest BCUT2D eigenvalue weighted by molar-refractivity contribution is -0.385. The van der Waals surface area contributed by atoms with Gasteiger partial charge in [0.2, 0.25) is 5.91 Å². The summed E-state index contributed by atoms with van der Waals surface area (Å²) in [5.74, 6) is -0.530. The average molecular weight is 416 g/mol. The molecule has 0 unspecified atom stereocenters. The van der Waals surface area contributed by atoms with E-state index in [1.165, 1.54) is 11.8 Å². The normalized spacial score (nSPS) is 14.1. The molecule has 1 saturated carbocycles. The summed E-state index contributed by atoms with van der Waals surface area (Å²) in [4.78, 5) is 22.2. The van der Waals surface area contributed by atoms with Crippen molar-refractivity contribution in [1.82, 2.24) is 24.9 Å². The Morgan fingerprint density at radius 2 is 2.14 bits per heavy atom. The zero-order chi connectivity index (χ0) is 21.2. The summed E-state index contributed by atoms with van der Waals surface area (Å²) in [6, 6.07) is 1.09. The lowest BCUT2D eigenvalue weighted by Gasteiger charge is -2.08. The minimum absolute atomic E-state index is 0.110. The highest BCUT2D eigenvalue weighted by molar-refractivity contribution is 5.75. The van der Waals surface area contributed by atoms with Crippen LogP contribution in [0.15, 0.2) is 12.3 Å². The summed E-state index contributed by atoms with van der Waals surface area (Å²) in [6.07, 6.45) is -1.33. The standard InChI is InChI=1S/C16H19F3N6O4/c1-29-15-12(25(27)28)8-23(22-15)9-14(26)20-5-2-6-24-11(10-3-4-10)7-13(21-24)16(17,18)19/h7-8,10H,2-6,9H2,1H3,(H,20,26). The zero-order valence-corrected chi connectivity index (χ0v) is 15.5. The van der Waals surface area contributed by atoms with Crippen LogP contribution in [0, 0.1) is 10.1 Å². The number of carbonyl (C=O) groups is 1. The summed E-state index contributed by atoms with van der Waals surface area (Å²) >= 11 is 0. The molecule has 13 heteroatoms. The molecule has 1 aliphatic rings. The highest BCUT2D eigenvalue weighted by Gasteiger charge is 2.37. The van der Waals surface area contributed by atoms with E-state index < -0.39 is 22.7 Å². The zero-order valence-electron chi connectivity index (χ0n) is 15.5. The third-order valence-electron chi connectivity index (χ3n) is 4.37. The van der Waals surface area contributed by atoms with Crippen LogP contribution in [-0.2, 0) is 24.1 Å². The minimum atomic E-state index is -4.49. The maximum atomic E-state index is 12.9. The van der Waals surface area contributed by atoms with Crippen molar-refractivity contribution in [3.8, 4) is 5.88 Å². The molecule has 1 N–H and O–H groups in total. The fourth-order valence-electron chi connectivity index (χ4n) is 2.86. The Labute approximate surface area is 162 Å². The number of nitro groups is 1. The van der Waals surface area contributed by atoms with Crippen LogP contribution in [-0.4, -0.2) is 44.0 Å². The number of hydrogen-bond acceptors (Lipinski definition) is 6. The van der Waals surface area contributed by atoms with Crippen LogP contribution in [0.1, 0.15) is 36.6 Å². The second-order valence-corrected chi connectivity index (χ2v) is 6.63. The van der Waals surface area contributed by atoms with E-state index in [0.29, 0.717) is 12.1 Å². The lowest BCUT2D eigenvalue weighted by Crippen LogP contribution is -2.29. The van der Waals surface area contributed by atoms with Crippen molar-refractivity contribution in [2.45, 2.75) is 44.4 Å². The molecule has 0 atom stereocenters. The molecule has 1 amide bonds. The van der Waals surface area contributed by atoms with Crippen molar-refractivity contribution in [1.29, 1.82) is 0 Å². The maximum absolute atomic E-state index is 12.9. The molecule has 10 nitrogen and oxygen atoms in total. The molecule has 2 aromatic heterocycles. The van der Waals surface area contributed by atoms with Crippen LogP contribution in [0.4, 0.5) is 18.9 Å². The van der Waals surface area contributed by atoms with E-state index in [1.807, 2.05) is 0 Å². The third kappa shape index (κ3) is 5.03. The van der Waals surface area contributed by atoms with Gasteiger partial charge in [-0.05, 0) is 25.3 Å².